The Morgan fingerprint density at radius 2 is 1.83 bits per heavy atom. The van der Waals surface area contributed by atoms with E-state index >= 15 is 4.39 Å². The van der Waals surface area contributed by atoms with E-state index in [1.165, 1.54) is 29.2 Å². The van der Waals surface area contributed by atoms with E-state index in [0.717, 1.165) is 28.8 Å². The Bertz CT molecular complexity index is 1250. The summed E-state index contributed by atoms with van der Waals surface area (Å²) >= 11 is 1.15. The number of carbonyl (C=O) groups excluding carboxylic acids is 1. The molecule has 1 aliphatic rings. The third kappa shape index (κ3) is 3.16. The molecule has 152 valence electrons. The van der Waals surface area contributed by atoms with Crippen LogP contribution in [0.1, 0.15) is 26.5 Å². The van der Waals surface area contributed by atoms with Crippen LogP contribution in [0.15, 0.2) is 29.2 Å². The first-order valence-corrected chi connectivity index (χ1v) is 11.5. The van der Waals surface area contributed by atoms with E-state index < -0.39 is 15.5 Å². The molecule has 0 spiro atoms. The Morgan fingerprint density at radius 1 is 1.21 bits per heavy atom. The summed E-state index contributed by atoms with van der Waals surface area (Å²) in [6.07, 6.45) is 1.10. The van der Waals surface area contributed by atoms with Crippen molar-refractivity contribution in [3.8, 4) is 0 Å². The number of hydrogen-bond donors (Lipinski definition) is 1. The molecule has 0 radical (unpaired) electrons. The third-order valence-electron chi connectivity index (χ3n) is 5.30. The zero-order valence-electron chi connectivity index (χ0n) is 16.1. The van der Waals surface area contributed by atoms with Crippen LogP contribution in [0.3, 0.4) is 0 Å². The minimum atomic E-state index is -3.35. The fourth-order valence-corrected chi connectivity index (χ4v) is 5.13. The normalized spacial score (nSPS) is 16.1. The van der Waals surface area contributed by atoms with E-state index in [1.54, 1.807) is 0 Å². The summed E-state index contributed by atoms with van der Waals surface area (Å²) < 4.78 is 38.3. The number of nitrogens with two attached hydrogens (primary N) is 1. The second-order valence-corrected chi connectivity index (χ2v) is 10.4. The number of fused-ring (bicyclic) bond motifs is 1. The predicted molar refractivity (Wildman–Crippen MR) is 110 cm³/mol. The predicted octanol–water partition coefficient (Wildman–Crippen LogP) is 2.61. The Kier molecular flexibility index (Phi) is 4.39. The summed E-state index contributed by atoms with van der Waals surface area (Å²) in [6.45, 7) is 3.45. The highest BCUT2D eigenvalue weighted by atomic mass is 32.2. The molecule has 0 unspecified atom stereocenters. The van der Waals surface area contributed by atoms with E-state index in [2.05, 4.69) is 10.2 Å². The smallest absolute Gasteiger partial charge is 0.266 e. The molecule has 0 saturated carbocycles. The second-order valence-electron chi connectivity index (χ2n) is 7.36. The van der Waals surface area contributed by atoms with E-state index in [0.29, 0.717) is 26.3 Å². The van der Waals surface area contributed by atoms with E-state index in [9.17, 15) is 13.2 Å². The van der Waals surface area contributed by atoms with Gasteiger partial charge in [0.1, 0.15) is 9.71 Å². The Morgan fingerprint density at radius 3 is 2.41 bits per heavy atom. The van der Waals surface area contributed by atoms with Crippen molar-refractivity contribution < 1.29 is 17.6 Å². The molecule has 0 bridgehead atoms. The lowest BCUT2D eigenvalue weighted by Gasteiger charge is -2.44. The molecule has 3 heterocycles. The van der Waals surface area contributed by atoms with E-state index in [-0.39, 0.29) is 23.9 Å². The van der Waals surface area contributed by atoms with Crippen LogP contribution in [0, 0.1) is 13.8 Å². The Balaban J connectivity index is 1.57. The number of nitrogens with zero attached hydrogens (tertiary/aromatic N) is 3. The first kappa shape index (κ1) is 19.7. The van der Waals surface area contributed by atoms with Crippen LogP contribution in [0.2, 0.25) is 0 Å². The Labute approximate surface area is 171 Å². The molecule has 1 aliphatic heterocycles. The lowest BCUT2D eigenvalue weighted by molar-refractivity contribution is -0.0228. The number of alkyl halides is 1. The van der Waals surface area contributed by atoms with E-state index in [1.807, 2.05) is 13.8 Å². The third-order valence-corrected chi connectivity index (χ3v) is 7.51. The maximum absolute atomic E-state index is 15.2. The van der Waals surface area contributed by atoms with Gasteiger partial charge in [-0.2, -0.15) is 5.10 Å². The van der Waals surface area contributed by atoms with Crippen molar-refractivity contribution in [1.29, 1.82) is 0 Å². The number of likely N-dealkylation sites (tertiary alicyclic amines) is 1. The number of aromatic nitrogens is 2. The molecule has 0 atom stereocenters. The number of anilines is 1. The fraction of sp³-hybridized carbons (Fsp3) is 0.316. The fourth-order valence-electron chi connectivity index (χ4n) is 3.43. The van der Waals surface area contributed by atoms with Gasteiger partial charge in [-0.25, -0.2) is 12.8 Å². The van der Waals surface area contributed by atoms with Gasteiger partial charge in [0.2, 0.25) is 0 Å². The topological polar surface area (TPSA) is 106 Å². The van der Waals surface area contributed by atoms with Crippen LogP contribution in [0.25, 0.3) is 10.2 Å². The minimum Gasteiger partial charge on any atom is -0.397 e. The van der Waals surface area contributed by atoms with Gasteiger partial charge in [0.15, 0.2) is 15.5 Å². The number of amides is 1. The quantitative estimate of drug-likeness (QED) is 0.679. The van der Waals surface area contributed by atoms with Crippen molar-refractivity contribution in [2.45, 2.75) is 24.4 Å². The number of thiophene rings is 1. The lowest BCUT2D eigenvalue weighted by Crippen LogP contribution is -2.58. The summed E-state index contributed by atoms with van der Waals surface area (Å²) in [5.74, 6) is -0.344. The largest absolute Gasteiger partial charge is 0.397 e. The summed E-state index contributed by atoms with van der Waals surface area (Å²) in [4.78, 5) is 15.3. The molecule has 3 aromatic rings. The lowest BCUT2D eigenvalue weighted by atomic mass is 9.88. The highest BCUT2D eigenvalue weighted by Crippen LogP contribution is 2.40. The highest BCUT2D eigenvalue weighted by Gasteiger charge is 2.48. The van der Waals surface area contributed by atoms with Crippen LogP contribution >= 0.6 is 11.3 Å². The van der Waals surface area contributed by atoms with Crippen LogP contribution in [-0.2, 0) is 15.5 Å². The van der Waals surface area contributed by atoms with Crippen LogP contribution in [-0.4, -0.2) is 48.8 Å². The van der Waals surface area contributed by atoms with Crippen LogP contribution < -0.4 is 5.73 Å². The second kappa shape index (κ2) is 6.46. The van der Waals surface area contributed by atoms with Gasteiger partial charge in [-0.15, -0.1) is 16.4 Å². The Hall–Kier alpha value is -2.59. The number of carbonyl (C=O) groups is 1. The van der Waals surface area contributed by atoms with Gasteiger partial charge in [0.05, 0.1) is 29.4 Å². The molecule has 4 rings (SSSR count). The maximum Gasteiger partial charge on any atom is 0.266 e. The number of sulfone groups is 1. The zero-order chi connectivity index (χ0) is 21.1. The van der Waals surface area contributed by atoms with Gasteiger partial charge in [-0.1, -0.05) is 12.1 Å². The van der Waals surface area contributed by atoms with Crippen molar-refractivity contribution in [1.82, 2.24) is 15.1 Å². The molecular formula is C19H19FN4O3S2. The average molecular weight is 435 g/mol. The van der Waals surface area contributed by atoms with Gasteiger partial charge in [0.25, 0.3) is 5.91 Å². The summed E-state index contributed by atoms with van der Waals surface area (Å²) in [5.41, 5.74) is 6.79. The molecule has 1 amide bonds. The maximum atomic E-state index is 15.2. The first-order chi connectivity index (χ1) is 13.5. The van der Waals surface area contributed by atoms with E-state index in [4.69, 9.17) is 5.73 Å². The number of aryl methyl sites for hydroxylation is 2. The van der Waals surface area contributed by atoms with Crippen LogP contribution in [0.4, 0.5) is 10.1 Å². The van der Waals surface area contributed by atoms with Crippen LogP contribution in [0.5, 0.6) is 0 Å². The van der Waals surface area contributed by atoms with Gasteiger partial charge in [-0.05, 0) is 37.1 Å². The molecule has 7 nitrogen and oxygen atoms in total. The molecule has 2 aromatic heterocycles. The zero-order valence-corrected chi connectivity index (χ0v) is 17.7. The summed E-state index contributed by atoms with van der Waals surface area (Å²) in [6, 6.07) is 5.66. The molecule has 1 fully saturated rings. The van der Waals surface area contributed by atoms with Crippen molar-refractivity contribution in [2.24, 2.45) is 0 Å². The van der Waals surface area contributed by atoms with Crippen molar-refractivity contribution in [3.05, 3.63) is 46.0 Å². The highest BCUT2D eigenvalue weighted by molar-refractivity contribution is 7.90. The number of halogens is 1. The number of nitrogen functional groups attached to an aromatic ring is 1. The minimum absolute atomic E-state index is 0.124. The molecule has 1 aromatic carbocycles. The molecule has 0 aliphatic carbocycles. The number of benzene rings is 1. The van der Waals surface area contributed by atoms with Crippen molar-refractivity contribution >= 4 is 43.0 Å². The summed E-state index contributed by atoms with van der Waals surface area (Å²) in [7, 11) is -3.35. The number of hydrogen-bond acceptors (Lipinski definition) is 7. The average Bonchev–Trinajstić information content (AvgIpc) is 2.98. The summed E-state index contributed by atoms with van der Waals surface area (Å²) in [5, 5.41) is 8.89. The molecule has 10 heteroatoms. The molecule has 29 heavy (non-hydrogen) atoms. The number of rotatable bonds is 3. The van der Waals surface area contributed by atoms with Gasteiger partial charge in [0, 0.05) is 11.6 Å². The standard InChI is InChI=1S/C19H19FN4O3S2/c1-10-11(2)22-23-17-14(10)15(21)16(28-17)18(25)24-8-19(20,9-24)12-4-6-13(7-5-12)29(3,26)27/h4-7H,8-9,21H2,1-3H3. The monoisotopic (exact) mass is 434 g/mol. The van der Waals surface area contributed by atoms with Gasteiger partial charge in [-0.3, -0.25) is 4.79 Å². The van der Waals surface area contributed by atoms with Crippen molar-refractivity contribution in [3.63, 3.8) is 0 Å². The molecule has 2 N–H and O–H groups in total. The molecule has 1 saturated heterocycles. The first-order valence-electron chi connectivity index (χ1n) is 8.82. The van der Waals surface area contributed by atoms with Gasteiger partial charge >= 0.3 is 0 Å². The SMILES string of the molecule is Cc1nnc2sc(C(=O)N3CC(F)(c4ccc(S(C)(=O)=O)cc4)C3)c(N)c2c1C. The van der Waals surface area contributed by atoms with Crippen molar-refractivity contribution in [2.75, 3.05) is 25.1 Å². The van der Waals surface area contributed by atoms with Gasteiger partial charge < -0.3 is 10.6 Å². The molecular weight excluding hydrogens is 415 g/mol.